The Bertz CT molecular complexity index is 723. The van der Waals surface area contributed by atoms with Gasteiger partial charge in [-0.1, -0.05) is 0 Å². The molecule has 1 aromatic heterocycles. The summed E-state index contributed by atoms with van der Waals surface area (Å²) in [6.45, 7) is 1.58. The number of hydrogen-bond donors (Lipinski definition) is 2. The smallest absolute Gasteiger partial charge is 0.252 e. The van der Waals surface area contributed by atoms with Crippen molar-refractivity contribution in [1.29, 1.82) is 0 Å². The first-order valence-electron chi connectivity index (χ1n) is 7.31. The van der Waals surface area contributed by atoms with Crippen LogP contribution in [0.15, 0.2) is 23.7 Å². The van der Waals surface area contributed by atoms with E-state index in [0.717, 1.165) is 0 Å². The lowest BCUT2D eigenvalue weighted by atomic mass is 10.1. The lowest BCUT2D eigenvalue weighted by Gasteiger charge is -2.16. The molecule has 0 spiro atoms. The first kappa shape index (κ1) is 18.5. The summed E-state index contributed by atoms with van der Waals surface area (Å²) in [6, 6.07) is 2.28. The maximum absolute atomic E-state index is 12.4. The summed E-state index contributed by atoms with van der Waals surface area (Å²) in [5.41, 5.74) is 0.281. The molecule has 0 saturated heterocycles. The predicted molar refractivity (Wildman–Crippen MR) is 93.8 cm³/mol. The fourth-order valence-corrected chi connectivity index (χ4v) is 2.59. The van der Waals surface area contributed by atoms with E-state index in [1.54, 1.807) is 18.5 Å². The summed E-state index contributed by atoms with van der Waals surface area (Å²) in [5, 5.41) is 7.46. The van der Waals surface area contributed by atoms with Crippen molar-refractivity contribution in [3.8, 4) is 17.2 Å². The van der Waals surface area contributed by atoms with Gasteiger partial charge in [0.25, 0.3) is 5.91 Å². The molecule has 1 atom stereocenters. The zero-order valence-corrected chi connectivity index (χ0v) is 15.1. The molecule has 2 aromatic rings. The summed E-state index contributed by atoms with van der Waals surface area (Å²) in [6.07, 6.45) is 1.58. The van der Waals surface area contributed by atoms with Gasteiger partial charge in [-0.05, 0) is 19.1 Å². The van der Waals surface area contributed by atoms with E-state index in [9.17, 15) is 9.59 Å². The molecule has 2 N–H and O–H groups in total. The summed E-state index contributed by atoms with van der Waals surface area (Å²) in [7, 11) is 4.40. The van der Waals surface area contributed by atoms with Gasteiger partial charge in [0.15, 0.2) is 16.6 Å². The van der Waals surface area contributed by atoms with E-state index < -0.39 is 11.9 Å². The van der Waals surface area contributed by atoms with Gasteiger partial charge >= 0.3 is 0 Å². The Labute approximate surface area is 149 Å². The zero-order valence-electron chi connectivity index (χ0n) is 14.3. The van der Waals surface area contributed by atoms with Gasteiger partial charge < -0.3 is 24.8 Å². The van der Waals surface area contributed by atoms with Crippen LogP contribution in [0.4, 0.5) is 5.13 Å². The van der Waals surface area contributed by atoms with Crippen molar-refractivity contribution < 1.29 is 23.8 Å². The number of nitrogens with one attached hydrogen (secondary N) is 2. The topological polar surface area (TPSA) is 98.8 Å². The standard InChI is InChI=1S/C16H19N3O5S/c1-9(14(20)19-16-17-5-6-25-16)18-15(21)10-7-11(22-2)13(24-4)12(8-10)23-3/h5-9H,1-4H3,(H,18,21)(H,17,19,20)/t9-/m0/s1. The average Bonchev–Trinajstić information content (AvgIpc) is 3.12. The van der Waals surface area contributed by atoms with Gasteiger partial charge in [0.1, 0.15) is 6.04 Å². The second-order valence-corrected chi connectivity index (χ2v) is 5.83. The minimum Gasteiger partial charge on any atom is -0.493 e. The van der Waals surface area contributed by atoms with Gasteiger partial charge in [0.05, 0.1) is 21.3 Å². The number of ether oxygens (including phenoxy) is 3. The first-order valence-corrected chi connectivity index (χ1v) is 8.19. The fourth-order valence-electron chi connectivity index (χ4n) is 2.06. The Morgan fingerprint density at radius 2 is 1.76 bits per heavy atom. The van der Waals surface area contributed by atoms with Gasteiger partial charge in [-0.2, -0.15) is 0 Å². The molecule has 0 fully saturated rings. The highest BCUT2D eigenvalue weighted by molar-refractivity contribution is 7.13. The number of carbonyl (C=O) groups is 2. The number of nitrogens with zero attached hydrogens (tertiary/aromatic N) is 1. The third-order valence-corrected chi connectivity index (χ3v) is 4.02. The number of hydrogen-bond acceptors (Lipinski definition) is 7. The summed E-state index contributed by atoms with van der Waals surface area (Å²) in [5.74, 6) is 0.284. The Kier molecular flexibility index (Phi) is 6.18. The molecule has 0 aliphatic carbocycles. The molecular weight excluding hydrogens is 346 g/mol. The van der Waals surface area contributed by atoms with Gasteiger partial charge in [-0.3, -0.25) is 9.59 Å². The number of aromatic nitrogens is 1. The van der Waals surface area contributed by atoms with Gasteiger partial charge in [-0.15, -0.1) is 11.3 Å². The van der Waals surface area contributed by atoms with Gasteiger partial charge in [0.2, 0.25) is 11.7 Å². The second-order valence-electron chi connectivity index (χ2n) is 4.94. The fraction of sp³-hybridized carbons (Fsp3) is 0.312. The number of methoxy groups -OCH3 is 3. The van der Waals surface area contributed by atoms with Crippen molar-refractivity contribution in [3.05, 3.63) is 29.3 Å². The number of rotatable bonds is 7. The minimum atomic E-state index is -0.754. The van der Waals surface area contributed by atoms with Crippen LogP contribution in [0.25, 0.3) is 0 Å². The number of carbonyl (C=O) groups excluding carboxylic acids is 2. The number of amides is 2. The van der Waals surface area contributed by atoms with E-state index in [1.807, 2.05) is 0 Å². The molecule has 0 radical (unpaired) electrons. The van der Waals surface area contributed by atoms with Crippen molar-refractivity contribution >= 4 is 28.3 Å². The summed E-state index contributed by atoms with van der Waals surface area (Å²) >= 11 is 1.30. The Balaban J connectivity index is 2.13. The molecule has 2 amide bonds. The van der Waals surface area contributed by atoms with E-state index in [1.165, 1.54) is 44.8 Å². The first-order chi connectivity index (χ1) is 12.0. The molecule has 0 aliphatic rings. The third-order valence-electron chi connectivity index (χ3n) is 3.33. The van der Waals surface area contributed by atoms with Crippen LogP contribution < -0.4 is 24.8 Å². The molecule has 0 saturated carbocycles. The molecular formula is C16H19N3O5S. The van der Waals surface area contributed by atoms with E-state index in [-0.39, 0.29) is 11.5 Å². The third kappa shape index (κ3) is 4.38. The quantitative estimate of drug-likeness (QED) is 0.778. The predicted octanol–water partition coefficient (Wildman–Crippen LogP) is 1.93. The summed E-state index contributed by atoms with van der Waals surface area (Å²) < 4.78 is 15.7. The van der Waals surface area contributed by atoms with Crippen LogP contribution in [0.5, 0.6) is 17.2 Å². The molecule has 1 aromatic carbocycles. The van der Waals surface area contributed by atoms with E-state index >= 15 is 0 Å². The van der Waals surface area contributed by atoms with Crippen LogP contribution >= 0.6 is 11.3 Å². The van der Waals surface area contributed by atoms with Crippen LogP contribution in [-0.2, 0) is 4.79 Å². The van der Waals surface area contributed by atoms with Crippen LogP contribution in [0, 0.1) is 0 Å². The van der Waals surface area contributed by atoms with E-state index in [0.29, 0.717) is 22.4 Å². The normalized spacial score (nSPS) is 11.4. The van der Waals surface area contributed by atoms with E-state index in [2.05, 4.69) is 15.6 Å². The zero-order chi connectivity index (χ0) is 18.4. The lowest BCUT2D eigenvalue weighted by molar-refractivity contribution is -0.117. The van der Waals surface area contributed by atoms with Crippen molar-refractivity contribution in [3.63, 3.8) is 0 Å². The Hall–Kier alpha value is -2.81. The Morgan fingerprint density at radius 1 is 1.12 bits per heavy atom. The van der Waals surface area contributed by atoms with Crippen LogP contribution in [0.2, 0.25) is 0 Å². The SMILES string of the molecule is COc1cc(C(=O)N[C@@H](C)C(=O)Nc2nccs2)cc(OC)c1OC. The molecule has 1 heterocycles. The van der Waals surface area contributed by atoms with Crippen molar-refractivity contribution in [2.24, 2.45) is 0 Å². The Morgan fingerprint density at radius 3 is 2.24 bits per heavy atom. The van der Waals surface area contributed by atoms with Gasteiger partial charge in [-0.25, -0.2) is 4.98 Å². The van der Waals surface area contributed by atoms with Crippen molar-refractivity contribution in [2.75, 3.05) is 26.6 Å². The highest BCUT2D eigenvalue weighted by atomic mass is 32.1. The highest BCUT2D eigenvalue weighted by Gasteiger charge is 2.21. The van der Waals surface area contributed by atoms with Crippen molar-refractivity contribution in [1.82, 2.24) is 10.3 Å². The monoisotopic (exact) mass is 365 g/mol. The molecule has 9 heteroatoms. The van der Waals surface area contributed by atoms with E-state index in [4.69, 9.17) is 14.2 Å². The second kappa shape index (κ2) is 8.34. The van der Waals surface area contributed by atoms with Crippen LogP contribution in [0.3, 0.4) is 0 Å². The number of benzene rings is 1. The highest BCUT2D eigenvalue weighted by Crippen LogP contribution is 2.38. The molecule has 25 heavy (non-hydrogen) atoms. The maximum atomic E-state index is 12.4. The molecule has 0 aliphatic heterocycles. The molecule has 0 bridgehead atoms. The van der Waals surface area contributed by atoms with Crippen LogP contribution in [0.1, 0.15) is 17.3 Å². The largest absolute Gasteiger partial charge is 0.493 e. The average molecular weight is 365 g/mol. The van der Waals surface area contributed by atoms with Gasteiger partial charge in [0, 0.05) is 17.1 Å². The number of thiazole rings is 1. The minimum absolute atomic E-state index is 0.281. The maximum Gasteiger partial charge on any atom is 0.252 e. The van der Waals surface area contributed by atoms with Crippen LogP contribution in [-0.4, -0.2) is 44.2 Å². The summed E-state index contributed by atoms with van der Waals surface area (Å²) in [4.78, 5) is 28.5. The molecule has 2 rings (SSSR count). The lowest BCUT2D eigenvalue weighted by Crippen LogP contribution is -2.41. The molecule has 8 nitrogen and oxygen atoms in total. The van der Waals surface area contributed by atoms with Crippen molar-refractivity contribution in [2.45, 2.75) is 13.0 Å². The molecule has 134 valence electrons. The number of anilines is 1. The molecule has 0 unspecified atom stereocenters.